The molecule has 0 radical (unpaired) electrons. The van der Waals surface area contributed by atoms with Gasteiger partial charge in [-0.05, 0) is 36.8 Å². The van der Waals surface area contributed by atoms with E-state index in [0.717, 1.165) is 5.76 Å². The largest absolute Gasteiger partial charge is 0.479 e. The predicted molar refractivity (Wildman–Crippen MR) is 90.3 cm³/mol. The maximum absolute atomic E-state index is 12.3. The lowest BCUT2D eigenvalue weighted by atomic mass is 10.1. The maximum Gasteiger partial charge on any atom is 0.330 e. The summed E-state index contributed by atoms with van der Waals surface area (Å²) in [6.45, 7) is 1.80. The van der Waals surface area contributed by atoms with Crippen molar-refractivity contribution in [3.8, 4) is 11.5 Å². The Morgan fingerprint density at radius 3 is 2.56 bits per heavy atom. The summed E-state index contributed by atoms with van der Waals surface area (Å²) in [5.41, 5.74) is 0.989. The molecule has 0 saturated heterocycles. The van der Waals surface area contributed by atoms with Gasteiger partial charge in [0, 0.05) is 11.1 Å². The number of hydrogen-bond donors (Lipinski definition) is 3. The van der Waals surface area contributed by atoms with Crippen molar-refractivity contribution in [2.45, 2.75) is 13.0 Å². The van der Waals surface area contributed by atoms with E-state index >= 15 is 0 Å². The number of carboxylic acid groups (broad SMARTS) is 1. The fourth-order valence-electron chi connectivity index (χ4n) is 2.29. The summed E-state index contributed by atoms with van der Waals surface area (Å²) in [7, 11) is 0. The fraction of sp³-hybridized carbons (Fsp3) is 0.118. The minimum Gasteiger partial charge on any atom is -0.479 e. The molecule has 0 spiro atoms. The first kappa shape index (κ1) is 16.8. The van der Waals surface area contributed by atoms with Crippen molar-refractivity contribution >= 4 is 23.5 Å². The zero-order chi connectivity index (χ0) is 18.0. The van der Waals surface area contributed by atoms with Crippen molar-refractivity contribution in [3.05, 3.63) is 64.5 Å². The van der Waals surface area contributed by atoms with Crippen LogP contribution in [0.2, 0.25) is 5.02 Å². The summed E-state index contributed by atoms with van der Waals surface area (Å²) in [4.78, 5) is 23.8. The molecule has 0 aliphatic heterocycles. The minimum atomic E-state index is -1.21. The number of rotatable bonds is 5. The molecule has 3 N–H and O–H groups in total. The quantitative estimate of drug-likeness (QED) is 0.648. The van der Waals surface area contributed by atoms with Crippen LogP contribution in [0.4, 0.5) is 0 Å². The average Bonchev–Trinajstić information content (AvgIpc) is 3.22. The van der Waals surface area contributed by atoms with Crippen LogP contribution in [0.5, 0.6) is 0 Å². The normalized spacial score (nSPS) is 11.9. The number of carbonyl (C=O) groups is 2. The Kier molecular flexibility index (Phi) is 4.58. The molecular weight excluding hydrogens is 346 g/mol. The Labute approximate surface area is 147 Å². The van der Waals surface area contributed by atoms with Gasteiger partial charge in [0.1, 0.15) is 11.5 Å². The zero-order valence-corrected chi connectivity index (χ0v) is 13.9. The summed E-state index contributed by atoms with van der Waals surface area (Å²) in [6, 6.07) is 10.0. The SMILES string of the molecule is Cc1ccc(-c2cc(C(=O)NC(C(=O)O)c3ccc(Cl)cc3)n[nH]2)o1. The highest BCUT2D eigenvalue weighted by Gasteiger charge is 2.24. The highest BCUT2D eigenvalue weighted by Crippen LogP contribution is 2.21. The van der Waals surface area contributed by atoms with Crippen LogP contribution in [0.25, 0.3) is 11.5 Å². The number of aromatic nitrogens is 2. The van der Waals surface area contributed by atoms with Crippen LogP contribution in [0.15, 0.2) is 46.9 Å². The number of H-pyrrole nitrogens is 1. The van der Waals surface area contributed by atoms with Crippen molar-refractivity contribution in [2.75, 3.05) is 0 Å². The zero-order valence-electron chi connectivity index (χ0n) is 13.1. The van der Waals surface area contributed by atoms with Gasteiger partial charge in [0.25, 0.3) is 5.91 Å². The number of carboxylic acids is 1. The molecule has 8 heteroatoms. The van der Waals surface area contributed by atoms with E-state index in [2.05, 4.69) is 15.5 Å². The van der Waals surface area contributed by atoms with E-state index in [1.54, 1.807) is 43.3 Å². The van der Waals surface area contributed by atoms with Crippen LogP contribution in [0.3, 0.4) is 0 Å². The first-order chi connectivity index (χ1) is 11.9. The molecule has 1 aromatic carbocycles. The number of hydrogen-bond acceptors (Lipinski definition) is 4. The van der Waals surface area contributed by atoms with Crippen LogP contribution in [0.1, 0.15) is 27.9 Å². The van der Waals surface area contributed by atoms with E-state index in [4.69, 9.17) is 16.0 Å². The van der Waals surface area contributed by atoms with Crippen molar-refractivity contribution in [1.29, 1.82) is 0 Å². The Morgan fingerprint density at radius 2 is 1.96 bits per heavy atom. The van der Waals surface area contributed by atoms with Crippen LogP contribution in [-0.4, -0.2) is 27.2 Å². The average molecular weight is 360 g/mol. The summed E-state index contributed by atoms with van der Waals surface area (Å²) < 4.78 is 5.45. The number of benzene rings is 1. The van der Waals surface area contributed by atoms with Crippen LogP contribution < -0.4 is 5.32 Å². The number of amides is 1. The van der Waals surface area contributed by atoms with Crippen LogP contribution in [-0.2, 0) is 4.79 Å². The molecule has 0 bridgehead atoms. The number of furan rings is 1. The molecule has 0 aliphatic carbocycles. The second-order valence-corrected chi connectivity index (χ2v) is 5.81. The molecule has 3 rings (SSSR count). The van der Waals surface area contributed by atoms with E-state index < -0.39 is 17.9 Å². The minimum absolute atomic E-state index is 0.0595. The Balaban J connectivity index is 1.79. The lowest BCUT2D eigenvalue weighted by Crippen LogP contribution is -2.33. The number of carbonyl (C=O) groups excluding carboxylic acids is 1. The van der Waals surface area contributed by atoms with Crippen LogP contribution in [0, 0.1) is 6.92 Å². The van der Waals surface area contributed by atoms with Crippen molar-refractivity contribution in [3.63, 3.8) is 0 Å². The van der Waals surface area contributed by atoms with Gasteiger partial charge in [-0.3, -0.25) is 9.89 Å². The summed E-state index contributed by atoms with van der Waals surface area (Å²) in [5.74, 6) is -0.540. The number of aromatic amines is 1. The van der Waals surface area contributed by atoms with Gasteiger partial charge in [-0.25, -0.2) is 4.79 Å². The lowest BCUT2D eigenvalue weighted by molar-refractivity contribution is -0.139. The third kappa shape index (κ3) is 3.72. The first-order valence-electron chi connectivity index (χ1n) is 7.35. The Morgan fingerprint density at radius 1 is 1.24 bits per heavy atom. The predicted octanol–water partition coefficient (Wildman–Crippen LogP) is 3.19. The number of aryl methyl sites for hydroxylation is 1. The van der Waals surface area contributed by atoms with E-state index in [-0.39, 0.29) is 5.69 Å². The molecule has 0 fully saturated rings. The Hall–Kier alpha value is -3.06. The van der Waals surface area contributed by atoms with Gasteiger partial charge in [-0.15, -0.1) is 0 Å². The van der Waals surface area contributed by atoms with Gasteiger partial charge in [-0.2, -0.15) is 5.10 Å². The molecule has 128 valence electrons. The highest BCUT2D eigenvalue weighted by molar-refractivity contribution is 6.30. The maximum atomic E-state index is 12.3. The van der Waals surface area contributed by atoms with Gasteiger partial charge < -0.3 is 14.8 Å². The fourth-order valence-corrected chi connectivity index (χ4v) is 2.42. The monoisotopic (exact) mass is 359 g/mol. The number of nitrogens with one attached hydrogen (secondary N) is 2. The molecule has 0 aliphatic rings. The van der Waals surface area contributed by atoms with E-state index in [1.165, 1.54) is 6.07 Å². The highest BCUT2D eigenvalue weighted by atomic mass is 35.5. The van der Waals surface area contributed by atoms with Crippen LogP contribution >= 0.6 is 11.6 Å². The molecule has 25 heavy (non-hydrogen) atoms. The van der Waals surface area contributed by atoms with E-state index in [1.807, 2.05) is 0 Å². The summed E-state index contributed by atoms with van der Waals surface area (Å²) in [6.07, 6.45) is 0. The molecule has 0 saturated carbocycles. The summed E-state index contributed by atoms with van der Waals surface area (Å²) >= 11 is 5.80. The number of halogens is 1. The molecule has 2 heterocycles. The third-order valence-electron chi connectivity index (χ3n) is 3.54. The molecule has 7 nitrogen and oxygen atoms in total. The van der Waals surface area contributed by atoms with E-state index in [9.17, 15) is 14.7 Å². The smallest absolute Gasteiger partial charge is 0.330 e. The third-order valence-corrected chi connectivity index (χ3v) is 3.79. The molecule has 1 amide bonds. The standard InChI is InChI=1S/C17H14ClN3O4/c1-9-2-7-14(25-9)12-8-13(21-20-12)16(22)19-15(17(23)24)10-3-5-11(18)6-4-10/h2-8,15H,1H3,(H,19,22)(H,20,21)(H,23,24). The van der Waals surface area contributed by atoms with Crippen molar-refractivity contribution in [1.82, 2.24) is 15.5 Å². The number of aliphatic carboxylic acids is 1. The molecule has 3 aromatic rings. The molecule has 1 atom stereocenters. The first-order valence-corrected chi connectivity index (χ1v) is 7.73. The molecule has 2 aromatic heterocycles. The van der Waals surface area contributed by atoms with Crippen molar-refractivity contribution < 1.29 is 19.1 Å². The summed E-state index contributed by atoms with van der Waals surface area (Å²) in [5, 5.41) is 18.9. The lowest BCUT2D eigenvalue weighted by Gasteiger charge is -2.14. The number of nitrogens with zero attached hydrogens (tertiary/aromatic N) is 1. The second-order valence-electron chi connectivity index (χ2n) is 5.37. The van der Waals surface area contributed by atoms with Gasteiger partial charge in [-0.1, -0.05) is 23.7 Å². The van der Waals surface area contributed by atoms with Gasteiger partial charge in [0.05, 0.1) is 0 Å². The van der Waals surface area contributed by atoms with Gasteiger partial charge in [0.2, 0.25) is 0 Å². The second kappa shape index (κ2) is 6.82. The van der Waals surface area contributed by atoms with Gasteiger partial charge >= 0.3 is 5.97 Å². The topological polar surface area (TPSA) is 108 Å². The molecular formula is C17H14ClN3O4. The van der Waals surface area contributed by atoms with Gasteiger partial charge in [0.15, 0.2) is 17.5 Å². The van der Waals surface area contributed by atoms with E-state index in [0.29, 0.717) is 22.0 Å². The van der Waals surface area contributed by atoms with Crippen molar-refractivity contribution in [2.24, 2.45) is 0 Å². The Bertz CT molecular complexity index is 914. The molecule has 1 unspecified atom stereocenters.